The van der Waals surface area contributed by atoms with Crippen LogP contribution >= 0.6 is 15.9 Å². The lowest BCUT2D eigenvalue weighted by atomic mass is 9.92. The summed E-state index contributed by atoms with van der Waals surface area (Å²) in [7, 11) is 0. The van der Waals surface area contributed by atoms with Crippen LogP contribution in [0.1, 0.15) is 42.4 Å². The molecule has 0 nitrogen and oxygen atoms in total. The second-order valence-electron chi connectivity index (χ2n) is 5.50. The highest BCUT2D eigenvalue weighted by Crippen LogP contribution is 2.24. The molecule has 2 rings (SSSR count). The van der Waals surface area contributed by atoms with Crippen molar-refractivity contribution >= 4 is 15.9 Å². The van der Waals surface area contributed by atoms with Crippen LogP contribution in [0.4, 0.5) is 4.39 Å². The van der Waals surface area contributed by atoms with Crippen LogP contribution in [0.15, 0.2) is 48.5 Å². The third-order valence-corrected chi connectivity index (χ3v) is 4.44. The first kappa shape index (κ1) is 15.2. The van der Waals surface area contributed by atoms with Crippen molar-refractivity contribution < 1.29 is 4.39 Å². The normalized spacial score (nSPS) is 12.7. The van der Waals surface area contributed by atoms with Crippen LogP contribution in [0, 0.1) is 5.82 Å². The summed E-state index contributed by atoms with van der Waals surface area (Å²) < 4.78 is 13.0. The summed E-state index contributed by atoms with van der Waals surface area (Å²) in [6.07, 6.45) is 0.968. The van der Waals surface area contributed by atoms with Gasteiger partial charge in [-0.25, -0.2) is 4.39 Å². The van der Waals surface area contributed by atoms with Crippen LogP contribution in [0.3, 0.4) is 0 Å². The lowest BCUT2D eigenvalue weighted by Crippen LogP contribution is -2.04. The van der Waals surface area contributed by atoms with Gasteiger partial charge in [0.25, 0.3) is 0 Å². The molecule has 0 spiro atoms. The molecule has 0 radical (unpaired) electrons. The molecular weight excluding hydrogens is 315 g/mol. The van der Waals surface area contributed by atoms with Gasteiger partial charge in [-0.2, -0.15) is 0 Å². The molecule has 0 aliphatic carbocycles. The predicted octanol–water partition coefficient (Wildman–Crippen LogP) is 5.67. The number of halogens is 2. The van der Waals surface area contributed by atoms with E-state index in [9.17, 15) is 4.39 Å². The quantitative estimate of drug-likeness (QED) is 0.618. The molecule has 0 saturated heterocycles. The fraction of sp³-hybridized carbons (Fsp3) is 0.333. The summed E-state index contributed by atoms with van der Waals surface area (Å²) in [5.41, 5.74) is 3.87. The van der Waals surface area contributed by atoms with Crippen molar-refractivity contribution in [2.75, 3.05) is 5.33 Å². The fourth-order valence-corrected chi connectivity index (χ4v) is 2.92. The first-order chi connectivity index (χ1) is 9.60. The molecule has 0 aromatic heterocycles. The second-order valence-corrected chi connectivity index (χ2v) is 6.15. The van der Waals surface area contributed by atoms with E-state index in [2.05, 4.69) is 54.0 Å². The van der Waals surface area contributed by atoms with E-state index < -0.39 is 0 Å². The van der Waals surface area contributed by atoms with Crippen LogP contribution in [0.25, 0.3) is 0 Å². The molecule has 0 bridgehead atoms. The van der Waals surface area contributed by atoms with E-state index in [-0.39, 0.29) is 5.82 Å². The van der Waals surface area contributed by atoms with Gasteiger partial charge in [0, 0.05) is 5.33 Å². The van der Waals surface area contributed by atoms with Crippen LogP contribution in [0.2, 0.25) is 0 Å². The van der Waals surface area contributed by atoms with E-state index in [1.807, 2.05) is 12.1 Å². The van der Waals surface area contributed by atoms with Crippen LogP contribution < -0.4 is 0 Å². The average Bonchev–Trinajstić information content (AvgIpc) is 2.46. The van der Waals surface area contributed by atoms with Crippen molar-refractivity contribution in [1.82, 2.24) is 0 Å². The lowest BCUT2D eigenvalue weighted by Gasteiger charge is -2.15. The molecule has 1 unspecified atom stereocenters. The SMILES string of the molecule is CC(C)c1ccc(CC(CBr)c2ccc(F)cc2)cc1. The summed E-state index contributed by atoms with van der Waals surface area (Å²) in [5, 5.41) is 0.880. The molecule has 2 aromatic carbocycles. The maximum Gasteiger partial charge on any atom is 0.123 e. The minimum absolute atomic E-state index is 0.177. The Balaban J connectivity index is 2.11. The van der Waals surface area contributed by atoms with Gasteiger partial charge in [0.05, 0.1) is 0 Å². The summed E-state index contributed by atoms with van der Waals surface area (Å²) in [5.74, 6) is 0.761. The molecule has 0 saturated carbocycles. The van der Waals surface area contributed by atoms with E-state index in [0.717, 1.165) is 11.8 Å². The van der Waals surface area contributed by atoms with Crippen molar-refractivity contribution in [2.45, 2.75) is 32.1 Å². The zero-order valence-corrected chi connectivity index (χ0v) is 13.5. The molecule has 0 aliphatic rings. The molecule has 2 heteroatoms. The zero-order valence-electron chi connectivity index (χ0n) is 11.9. The molecule has 0 aliphatic heterocycles. The van der Waals surface area contributed by atoms with Gasteiger partial charge < -0.3 is 0 Å². The zero-order chi connectivity index (χ0) is 14.5. The van der Waals surface area contributed by atoms with Gasteiger partial charge in [0.15, 0.2) is 0 Å². The smallest absolute Gasteiger partial charge is 0.123 e. The van der Waals surface area contributed by atoms with E-state index in [1.54, 1.807) is 0 Å². The van der Waals surface area contributed by atoms with Crippen LogP contribution in [-0.2, 0) is 6.42 Å². The lowest BCUT2D eigenvalue weighted by molar-refractivity contribution is 0.625. The van der Waals surface area contributed by atoms with Crippen molar-refractivity contribution in [3.8, 4) is 0 Å². The summed E-state index contributed by atoms with van der Waals surface area (Å²) >= 11 is 3.57. The highest BCUT2D eigenvalue weighted by Gasteiger charge is 2.11. The topological polar surface area (TPSA) is 0 Å². The Kier molecular flexibility index (Phi) is 5.36. The Morgan fingerprint density at radius 3 is 1.95 bits per heavy atom. The second kappa shape index (κ2) is 7.03. The van der Waals surface area contributed by atoms with Crippen LogP contribution in [-0.4, -0.2) is 5.33 Å². The van der Waals surface area contributed by atoms with Crippen molar-refractivity contribution in [3.05, 3.63) is 71.0 Å². The van der Waals surface area contributed by atoms with Crippen LogP contribution in [0.5, 0.6) is 0 Å². The molecule has 0 N–H and O–H groups in total. The maximum absolute atomic E-state index is 13.0. The number of benzene rings is 2. The predicted molar refractivity (Wildman–Crippen MR) is 87.2 cm³/mol. The highest BCUT2D eigenvalue weighted by molar-refractivity contribution is 9.09. The van der Waals surface area contributed by atoms with E-state index >= 15 is 0 Å². The Morgan fingerprint density at radius 2 is 1.45 bits per heavy atom. The molecule has 0 heterocycles. The number of hydrogen-bond acceptors (Lipinski definition) is 0. The van der Waals surface area contributed by atoms with Gasteiger partial charge in [-0.15, -0.1) is 0 Å². The van der Waals surface area contributed by atoms with Gasteiger partial charge in [-0.3, -0.25) is 0 Å². The van der Waals surface area contributed by atoms with Crippen molar-refractivity contribution in [2.24, 2.45) is 0 Å². The first-order valence-corrected chi connectivity index (χ1v) is 8.12. The Hall–Kier alpha value is -1.15. The average molecular weight is 335 g/mol. The van der Waals surface area contributed by atoms with Gasteiger partial charge in [-0.05, 0) is 47.1 Å². The van der Waals surface area contributed by atoms with Gasteiger partial charge in [0.1, 0.15) is 5.82 Å². The Morgan fingerprint density at radius 1 is 0.900 bits per heavy atom. The van der Waals surface area contributed by atoms with Crippen molar-refractivity contribution in [3.63, 3.8) is 0 Å². The first-order valence-electron chi connectivity index (χ1n) is 7.00. The molecule has 2 aromatic rings. The highest BCUT2D eigenvalue weighted by atomic mass is 79.9. The Labute approximate surface area is 129 Å². The Bertz CT molecular complexity index is 528. The molecule has 0 amide bonds. The third-order valence-electron chi connectivity index (χ3n) is 3.66. The number of alkyl halides is 1. The fourth-order valence-electron chi connectivity index (χ4n) is 2.32. The van der Waals surface area contributed by atoms with E-state index in [0.29, 0.717) is 11.8 Å². The monoisotopic (exact) mass is 334 g/mol. The maximum atomic E-state index is 13.0. The molecule has 20 heavy (non-hydrogen) atoms. The standard InChI is InChI=1S/C18H20BrF/c1-13(2)15-5-3-14(4-6-15)11-17(12-19)16-7-9-18(20)10-8-16/h3-10,13,17H,11-12H2,1-2H3. The number of hydrogen-bond donors (Lipinski definition) is 0. The molecule has 0 fully saturated rings. The largest absolute Gasteiger partial charge is 0.207 e. The summed E-state index contributed by atoms with van der Waals surface area (Å²) in [6.45, 7) is 4.41. The molecular formula is C18H20BrF. The third kappa shape index (κ3) is 3.92. The van der Waals surface area contributed by atoms with Gasteiger partial charge in [-0.1, -0.05) is 66.2 Å². The summed E-state index contributed by atoms with van der Waals surface area (Å²) in [4.78, 5) is 0. The number of rotatable bonds is 5. The molecule has 106 valence electrons. The van der Waals surface area contributed by atoms with E-state index in [4.69, 9.17) is 0 Å². The van der Waals surface area contributed by atoms with E-state index in [1.165, 1.54) is 28.8 Å². The molecule has 1 atom stereocenters. The van der Waals surface area contributed by atoms with Gasteiger partial charge >= 0.3 is 0 Å². The minimum atomic E-state index is -0.177. The minimum Gasteiger partial charge on any atom is -0.207 e. The van der Waals surface area contributed by atoms with Gasteiger partial charge in [0.2, 0.25) is 0 Å². The van der Waals surface area contributed by atoms with Crippen molar-refractivity contribution in [1.29, 1.82) is 0 Å². The summed E-state index contributed by atoms with van der Waals surface area (Å²) in [6, 6.07) is 15.6.